The van der Waals surface area contributed by atoms with Gasteiger partial charge in [-0.3, -0.25) is 0 Å². The van der Waals surface area contributed by atoms with E-state index in [0.717, 1.165) is 12.0 Å². The zero-order chi connectivity index (χ0) is 18.4. The number of hydrogen-bond donors (Lipinski definition) is 2. The van der Waals surface area contributed by atoms with Crippen LogP contribution in [-0.4, -0.2) is 29.9 Å². The van der Waals surface area contributed by atoms with Gasteiger partial charge >= 0.3 is 5.97 Å². The second-order valence-electron chi connectivity index (χ2n) is 5.59. The molecule has 132 valence electrons. The number of benzene rings is 2. The summed E-state index contributed by atoms with van der Waals surface area (Å²) in [5.41, 5.74) is 1.81. The smallest absolute Gasteiger partial charge is 0.336 e. The number of aromatic hydroxyl groups is 1. The average Bonchev–Trinajstić information content (AvgIpc) is 2.59. The fourth-order valence-corrected chi connectivity index (χ4v) is 2.48. The van der Waals surface area contributed by atoms with E-state index in [0.29, 0.717) is 29.2 Å². The van der Waals surface area contributed by atoms with Crippen molar-refractivity contribution in [2.75, 3.05) is 13.7 Å². The molecule has 0 amide bonds. The molecular formula is C20H22O5. The number of carboxylic acid groups (broad SMARTS) is 1. The Morgan fingerprint density at radius 3 is 2.60 bits per heavy atom. The number of rotatable bonds is 7. The molecule has 0 aliphatic carbocycles. The van der Waals surface area contributed by atoms with E-state index in [1.165, 1.54) is 13.2 Å². The van der Waals surface area contributed by atoms with E-state index in [1.807, 2.05) is 19.9 Å². The van der Waals surface area contributed by atoms with Crippen LogP contribution in [0.15, 0.2) is 36.4 Å². The molecule has 0 bridgehead atoms. The maximum absolute atomic E-state index is 11.8. The summed E-state index contributed by atoms with van der Waals surface area (Å²) in [5, 5.41) is 19.8. The molecule has 5 heteroatoms. The molecular weight excluding hydrogens is 320 g/mol. The summed E-state index contributed by atoms with van der Waals surface area (Å²) in [6.07, 6.45) is 2.34. The quantitative estimate of drug-likeness (QED) is 0.585. The van der Waals surface area contributed by atoms with Gasteiger partial charge in [-0.05, 0) is 48.7 Å². The Hall–Kier alpha value is -2.95. The predicted octanol–water partition coefficient (Wildman–Crippen LogP) is 4.12. The van der Waals surface area contributed by atoms with Crippen molar-refractivity contribution in [1.82, 2.24) is 0 Å². The highest BCUT2D eigenvalue weighted by molar-refractivity contribution is 6.21. The van der Waals surface area contributed by atoms with E-state index >= 15 is 0 Å². The van der Waals surface area contributed by atoms with E-state index in [9.17, 15) is 15.0 Å². The summed E-state index contributed by atoms with van der Waals surface area (Å²) in [6, 6.07) is 10.2. The highest BCUT2D eigenvalue weighted by Gasteiger charge is 2.16. The van der Waals surface area contributed by atoms with Crippen LogP contribution >= 0.6 is 0 Å². The molecule has 0 atom stereocenters. The number of carboxylic acids is 1. The topological polar surface area (TPSA) is 76.0 Å². The van der Waals surface area contributed by atoms with Gasteiger partial charge in [0.05, 0.1) is 19.3 Å². The van der Waals surface area contributed by atoms with Crippen molar-refractivity contribution in [2.45, 2.75) is 20.3 Å². The number of ether oxygens (including phenoxy) is 2. The maximum atomic E-state index is 11.8. The van der Waals surface area contributed by atoms with Crippen molar-refractivity contribution in [2.24, 2.45) is 0 Å². The van der Waals surface area contributed by atoms with Crippen LogP contribution in [-0.2, 0) is 4.79 Å². The van der Waals surface area contributed by atoms with Crippen LogP contribution in [0.25, 0.3) is 11.6 Å². The second kappa shape index (κ2) is 8.24. The SMILES string of the molecule is CCCOc1ccc(/C(=C/c2cccc(OC)c2O)C(=O)O)c(C)c1. The molecule has 2 aromatic rings. The Morgan fingerprint density at radius 1 is 1.24 bits per heavy atom. The highest BCUT2D eigenvalue weighted by atomic mass is 16.5. The summed E-state index contributed by atoms with van der Waals surface area (Å²) in [6.45, 7) is 4.46. The van der Waals surface area contributed by atoms with Crippen LogP contribution in [0.4, 0.5) is 0 Å². The maximum Gasteiger partial charge on any atom is 0.336 e. The molecule has 0 unspecified atom stereocenters. The van der Waals surface area contributed by atoms with Gasteiger partial charge in [0.25, 0.3) is 0 Å². The first-order chi connectivity index (χ1) is 12.0. The molecule has 25 heavy (non-hydrogen) atoms. The Bertz CT molecular complexity index is 793. The number of para-hydroxylation sites is 1. The lowest BCUT2D eigenvalue weighted by molar-refractivity contribution is -0.130. The van der Waals surface area contributed by atoms with Gasteiger partial charge in [-0.15, -0.1) is 0 Å². The van der Waals surface area contributed by atoms with Crippen LogP contribution < -0.4 is 9.47 Å². The van der Waals surface area contributed by atoms with Crippen molar-refractivity contribution in [3.05, 3.63) is 53.1 Å². The number of methoxy groups -OCH3 is 1. The van der Waals surface area contributed by atoms with Gasteiger partial charge < -0.3 is 19.7 Å². The van der Waals surface area contributed by atoms with Crippen molar-refractivity contribution >= 4 is 17.6 Å². The van der Waals surface area contributed by atoms with Crippen LogP contribution in [0.2, 0.25) is 0 Å². The number of phenols is 1. The first-order valence-electron chi connectivity index (χ1n) is 8.02. The molecule has 2 aromatic carbocycles. The summed E-state index contributed by atoms with van der Waals surface area (Å²) in [4.78, 5) is 11.8. The van der Waals surface area contributed by atoms with Crippen LogP contribution in [0.5, 0.6) is 17.2 Å². The summed E-state index contributed by atoms with van der Waals surface area (Å²) in [7, 11) is 1.44. The van der Waals surface area contributed by atoms with Crippen LogP contribution in [0.1, 0.15) is 30.0 Å². The number of aliphatic carboxylic acids is 1. The number of carbonyl (C=O) groups is 1. The molecule has 0 heterocycles. The number of hydrogen-bond acceptors (Lipinski definition) is 4. The minimum Gasteiger partial charge on any atom is -0.504 e. The molecule has 0 aliphatic rings. The van der Waals surface area contributed by atoms with Crippen molar-refractivity contribution < 1.29 is 24.5 Å². The zero-order valence-electron chi connectivity index (χ0n) is 14.6. The molecule has 5 nitrogen and oxygen atoms in total. The largest absolute Gasteiger partial charge is 0.504 e. The standard InChI is InChI=1S/C20H22O5/c1-4-10-25-15-8-9-16(13(2)11-15)17(20(22)23)12-14-6-5-7-18(24-3)19(14)21/h5-9,11-12,21H,4,10H2,1-3H3,(H,22,23)/b17-12-. The predicted molar refractivity (Wildman–Crippen MR) is 97.1 cm³/mol. The van der Waals surface area contributed by atoms with E-state index < -0.39 is 5.97 Å². The lowest BCUT2D eigenvalue weighted by Gasteiger charge is -2.11. The lowest BCUT2D eigenvalue weighted by Crippen LogP contribution is -2.03. The highest BCUT2D eigenvalue weighted by Crippen LogP contribution is 2.33. The monoisotopic (exact) mass is 342 g/mol. The Balaban J connectivity index is 2.47. The summed E-state index contributed by atoms with van der Waals surface area (Å²) < 4.78 is 10.6. The molecule has 0 saturated heterocycles. The van der Waals surface area contributed by atoms with E-state index in [1.54, 1.807) is 30.3 Å². The normalized spacial score (nSPS) is 11.2. The molecule has 0 fully saturated rings. The molecule has 0 saturated carbocycles. The van der Waals surface area contributed by atoms with Gasteiger partial charge in [0.1, 0.15) is 5.75 Å². The molecule has 2 N–H and O–H groups in total. The van der Waals surface area contributed by atoms with Crippen molar-refractivity contribution in [3.63, 3.8) is 0 Å². The van der Waals surface area contributed by atoms with Gasteiger partial charge in [0.2, 0.25) is 0 Å². The van der Waals surface area contributed by atoms with Crippen LogP contribution in [0.3, 0.4) is 0 Å². The minimum atomic E-state index is -1.08. The van der Waals surface area contributed by atoms with Crippen molar-refractivity contribution in [3.8, 4) is 17.2 Å². The average molecular weight is 342 g/mol. The summed E-state index contributed by atoms with van der Waals surface area (Å²) >= 11 is 0. The number of aryl methyl sites for hydroxylation is 1. The van der Waals surface area contributed by atoms with Gasteiger partial charge in [0, 0.05) is 5.56 Å². The molecule has 2 rings (SSSR count). The second-order valence-corrected chi connectivity index (χ2v) is 5.59. The third-order valence-electron chi connectivity index (χ3n) is 3.74. The van der Waals surface area contributed by atoms with Gasteiger partial charge in [-0.1, -0.05) is 25.1 Å². The van der Waals surface area contributed by atoms with Crippen LogP contribution in [0, 0.1) is 6.92 Å². The first-order valence-corrected chi connectivity index (χ1v) is 8.02. The Labute approximate surface area is 147 Å². The van der Waals surface area contributed by atoms with E-state index in [-0.39, 0.29) is 11.3 Å². The van der Waals surface area contributed by atoms with Gasteiger partial charge in [-0.2, -0.15) is 0 Å². The van der Waals surface area contributed by atoms with Crippen molar-refractivity contribution in [1.29, 1.82) is 0 Å². The Morgan fingerprint density at radius 2 is 2.00 bits per heavy atom. The minimum absolute atomic E-state index is 0.0862. The molecule has 0 aromatic heterocycles. The fourth-order valence-electron chi connectivity index (χ4n) is 2.48. The van der Waals surface area contributed by atoms with Gasteiger partial charge in [-0.25, -0.2) is 4.79 Å². The third kappa shape index (κ3) is 4.32. The fraction of sp³-hybridized carbons (Fsp3) is 0.250. The molecule has 0 aliphatic heterocycles. The lowest BCUT2D eigenvalue weighted by atomic mass is 9.98. The molecule has 0 spiro atoms. The Kier molecular flexibility index (Phi) is 6.06. The van der Waals surface area contributed by atoms with Gasteiger partial charge in [0.15, 0.2) is 11.5 Å². The number of phenolic OH excluding ortho intramolecular Hbond substituents is 1. The van der Waals surface area contributed by atoms with E-state index in [2.05, 4.69) is 0 Å². The zero-order valence-corrected chi connectivity index (χ0v) is 14.6. The first kappa shape index (κ1) is 18.4. The summed E-state index contributed by atoms with van der Waals surface area (Å²) in [5.74, 6) is -0.174. The third-order valence-corrected chi connectivity index (χ3v) is 3.74. The van der Waals surface area contributed by atoms with E-state index in [4.69, 9.17) is 9.47 Å². The molecule has 0 radical (unpaired) electrons.